The van der Waals surface area contributed by atoms with Crippen LogP contribution in [-0.4, -0.2) is 6.61 Å². The van der Waals surface area contributed by atoms with Crippen LogP contribution in [0.4, 0.5) is 17.6 Å². The maximum atomic E-state index is 13.2. The van der Waals surface area contributed by atoms with Crippen molar-refractivity contribution in [1.82, 2.24) is 0 Å². The zero-order chi connectivity index (χ0) is 15.0. The van der Waals surface area contributed by atoms with E-state index in [1.165, 1.54) is 0 Å². The number of rotatable bonds is 1. The van der Waals surface area contributed by atoms with Crippen molar-refractivity contribution in [1.29, 1.82) is 0 Å². The zero-order valence-corrected chi connectivity index (χ0v) is 11.0. The van der Waals surface area contributed by atoms with Crippen LogP contribution in [0.25, 0.3) is 11.1 Å². The normalized spacial score (nSPS) is 14.5. The Balaban J connectivity index is 2.22. The summed E-state index contributed by atoms with van der Waals surface area (Å²) < 4.78 is 58.2. The standard InChI is InChI=1S/C16H12F4O/c17-11-6-7-12(14(9-11)16(18,19)20)13-5-1-3-10-4-2-8-21-15(10)13/h1,3,5-7,9H,2,4,8H2. The number of hydrogen-bond donors (Lipinski definition) is 0. The molecule has 0 atom stereocenters. The molecule has 21 heavy (non-hydrogen) atoms. The van der Waals surface area contributed by atoms with Crippen LogP contribution < -0.4 is 4.74 Å². The fourth-order valence-electron chi connectivity index (χ4n) is 2.59. The summed E-state index contributed by atoms with van der Waals surface area (Å²) in [5.41, 5.74) is 0.212. The number of ether oxygens (including phenoxy) is 1. The molecule has 0 bridgehead atoms. The Morgan fingerprint density at radius 2 is 1.81 bits per heavy atom. The lowest BCUT2D eigenvalue weighted by Gasteiger charge is -2.22. The van der Waals surface area contributed by atoms with Gasteiger partial charge in [0.15, 0.2) is 0 Å². The second kappa shape index (κ2) is 5.06. The Kier molecular flexibility index (Phi) is 3.35. The molecule has 0 unspecified atom stereocenters. The fraction of sp³-hybridized carbons (Fsp3) is 0.250. The fourth-order valence-corrected chi connectivity index (χ4v) is 2.59. The van der Waals surface area contributed by atoms with Crippen molar-refractivity contribution < 1.29 is 22.3 Å². The minimum absolute atomic E-state index is 0.0531. The molecule has 0 amide bonds. The van der Waals surface area contributed by atoms with Gasteiger partial charge in [-0.1, -0.05) is 24.3 Å². The van der Waals surface area contributed by atoms with Crippen LogP contribution in [0.5, 0.6) is 5.75 Å². The Morgan fingerprint density at radius 1 is 1.00 bits per heavy atom. The van der Waals surface area contributed by atoms with E-state index < -0.39 is 17.6 Å². The van der Waals surface area contributed by atoms with Gasteiger partial charge in [-0.05, 0) is 36.1 Å². The number of alkyl halides is 3. The summed E-state index contributed by atoms with van der Waals surface area (Å²) in [5, 5.41) is 0. The van der Waals surface area contributed by atoms with Crippen molar-refractivity contribution in [3.8, 4) is 16.9 Å². The SMILES string of the molecule is Fc1ccc(-c2cccc3c2OCCC3)c(C(F)(F)F)c1. The molecule has 110 valence electrons. The third kappa shape index (κ3) is 2.60. The first kappa shape index (κ1) is 13.9. The predicted octanol–water partition coefficient (Wildman–Crippen LogP) is 4.84. The molecule has 5 heteroatoms. The minimum atomic E-state index is -4.62. The molecule has 1 aliphatic heterocycles. The van der Waals surface area contributed by atoms with Crippen molar-refractivity contribution in [3.05, 3.63) is 53.3 Å². The molecule has 3 rings (SSSR count). The molecule has 0 spiro atoms. The van der Waals surface area contributed by atoms with Crippen LogP contribution in [0.2, 0.25) is 0 Å². The highest BCUT2D eigenvalue weighted by atomic mass is 19.4. The summed E-state index contributed by atoms with van der Waals surface area (Å²) in [6.07, 6.45) is -3.01. The Hall–Kier alpha value is -2.04. The van der Waals surface area contributed by atoms with Gasteiger partial charge in [-0.2, -0.15) is 13.2 Å². The van der Waals surface area contributed by atoms with E-state index in [1.807, 2.05) is 6.07 Å². The van der Waals surface area contributed by atoms with Gasteiger partial charge in [-0.15, -0.1) is 0 Å². The third-order valence-corrected chi connectivity index (χ3v) is 3.51. The van der Waals surface area contributed by atoms with Crippen LogP contribution in [0.1, 0.15) is 17.5 Å². The lowest BCUT2D eigenvalue weighted by molar-refractivity contribution is -0.137. The van der Waals surface area contributed by atoms with Crippen molar-refractivity contribution in [2.45, 2.75) is 19.0 Å². The van der Waals surface area contributed by atoms with Crippen molar-refractivity contribution in [2.24, 2.45) is 0 Å². The molecule has 0 saturated carbocycles. The highest BCUT2D eigenvalue weighted by Gasteiger charge is 2.35. The smallest absolute Gasteiger partial charge is 0.417 e. The topological polar surface area (TPSA) is 9.23 Å². The molecule has 1 nitrogen and oxygen atoms in total. The largest absolute Gasteiger partial charge is 0.493 e. The lowest BCUT2D eigenvalue weighted by Crippen LogP contribution is -2.11. The maximum Gasteiger partial charge on any atom is 0.417 e. The summed E-state index contributed by atoms with van der Waals surface area (Å²) >= 11 is 0. The molecular formula is C16H12F4O. The average Bonchev–Trinajstić information content (AvgIpc) is 2.46. The first-order chi connectivity index (χ1) is 9.97. The van der Waals surface area contributed by atoms with E-state index in [2.05, 4.69) is 0 Å². The van der Waals surface area contributed by atoms with Crippen LogP contribution in [0, 0.1) is 5.82 Å². The average molecular weight is 296 g/mol. The number of aryl methyl sites for hydroxylation is 1. The molecule has 2 aromatic carbocycles. The van der Waals surface area contributed by atoms with Gasteiger partial charge in [-0.25, -0.2) is 4.39 Å². The maximum absolute atomic E-state index is 13.2. The van der Waals surface area contributed by atoms with Gasteiger partial charge in [-0.3, -0.25) is 0 Å². The van der Waals surface area contributed by atoms with Crippen LogP contribution >= 0.6 is 0 Å². The van der Waals surface area contributed by atoms with Gasteiger partial charge in [0.2, 0.25) is 0 Å². The van der Waals surface area contributed by atoms with E-state index in [0.29, 0.717) is 24.0 Å². The molecule has 2 aromatic rings. The Labute approximate surface area is 119 Å². The van der Waals surface area contributed by atoms with E-state index in [-0.39, 0.29) is 5.56 Å². The molecular weight excluding hydrogens is 284 g/mol. The zero-order valence-electron chi connectivity index (χ0n) is 11.0. The van der Waals surface area contributed by atoms with Crippen molar-refractivity contribution in [2.75, 3.05) is 6.61 Å². The summed E-state index contributed by atoms with van der Waals surface area (Å²) in [6, 6.07) is 7.84. The highest BCUT2D eigenvalue weighted by Crippen LogP contribution is 2.42. The second-order valence-corrected chi connectivity index (χ2v) is 4.93. The molecule has 0 saturated heterocycles. The molecule has 0 aliphatic carbocycles. The van der Waals surface area contributed by atoms with E-state index in [4.69, 9.17) is 4.74 Å². The Bertz CT molecular complexity index is 676. The van der Waals surface area contributed by atoms with Gasteiger partial charge < -0.3 is 4.74 Å². The van der Waals surface area contributed by atoms with Gasteiger partial charge in [0.25, 0.3) is 0 Å². The minimum Gasteiger partial charge on any atom is -0.493 e. The van der Waals surface area contributed by atoms with Crippen LogP contribution in [-0.2, 0) is 12.6 Å². The Morgan fingerprint density at radius 3 is 2.57 bits per heavy atom. The lowest BCUT2D eigenvalue weighted by atomic mass is 9.94. The van der Waals surface area contributed by atoms with Crippen molar-refractivity contribution in [3.63, 3.8) is 0 Å². The van der Waals surface area contributed by atoms with Gasteiger partial charge in [0.05, 0.1) is 12.2 Å². The van der Waals surface area contributed by atoms with E-state index >= 15 is 0 Å². The highest BCUT2D eigenvalue weighted by molar-refractivity contribution is 5.75. The predicted molar refractivity (Wildman–Crippen MR) is 70.7 cm³/mol. The quantitative estimate of drug-likeness (QED) is 0.684. The molecule has 0 radical (unpaired) electrons. The van der Waals surface area contributed by atoms with E-state index in [1.54, 1.807) is 12.1 Å². The van der Waals surface area contributed by atoms with Crippen LogP contribution in [0.15, 0.2) is 36.4 Å². The van der Waals surface area contributed by atoms with Crippen LogP contribution in [0.3, 0.4) is 0 Å². The number of fused-ring (bicyclic) bond motifs is 1. The summed E-state index contributed by atoms with van der Waals surface area (Å²) in [5.74, 6) is -0.433. The van der Waals surface area contributed by atoms with Gasteiger partial charge in [0, 0.05) is 5.56 Å². The summed E-state index contributed by atoms with van der Waals surface area (Å²) in [6.45, 7) is 0.479. The second-order valence-electron chi connectivity index (χ2n) is 4.93. The molecule has 0 fully saturated rings. The van der Waals surface area contributed by atoms with Gasteiger partial charge in [0.1, 0.15) is 11.6 Å². The number of halogens is 4. The first-order valence-corrected chi connectivity index (χ1v) is 6.58. The number of hydrogen-bond acceptors (Lipinski definition) is 1. The molecule has 1 heterocycles. The summed E-state index contributed by atoms with van der Waals surface area (Å²) in [4.78, 5) is 0. The monoisotopic (exact) mass is 296 g/mol. The number of para-hydroxylation sites is 1. The summed E-state index contributed by atoms with van der Waals surface area (Å²) in [7, 11) is 0. The van der Waals surface area contributed by atoms with Gasteiger partial charge >= 0.3 is 6.18 Å². The third-order valence-electron chi connectivity index (χ3n) is 3.51. The molecule has 1 aliphatic rings. The number of benzene rings is 2. The van der Waals surface area contributed by atoms with E-state index in [9.17, 15) is 17.6 Å². The van der Waals surface area contributed by atoms with E-state index in [0.717, 1.165) is 30.5 Å². The first-order valence-electron chi connectivity index (χ1n) is 6.58. The molecule has 0 aromatic heterocycles. The van der Waals surface area contributed by atoms with Crippen molar-refractivity contribution >= 4 is 0 Å². The molecule has 0 N–H and O–H groups in total.